The van der Waals surface area contributed by atoms with Crippen molar-refractivity contribution in [1.29, 1.82) is 5.26 Å². The van der Waals surface area contributed by atoms with Crippen molar-refractivity contribution in [3.05, 3.63) is 28.2 Å². The summed E-state index contributed by atoms with van der Waals surface area (Å²) in [6, 6.07) is 7.68. The standard InChI is InChI=1S/C12H12BrN3O/c13-10-2-1-8(6-14)11(5-10)16-4-3-9(7-16)12(15)17/h1-2,5,9H,3-4,7H2,(H2,15,17). The number of amides is 1. The molecule has 17 heavy (non-hydrogen) atoms. The monoisotopic (exact) mass is 293 g/mol. The molecule has 1 atom stereocenters. The Morgan fingerprint density at radius 1 is 1.59 bits per heavy atom. The smallest absolute Gasteiger partial charge is 0.222 e. The van der Waals surface area contributed by atoms with Gasteiger partial charge in [0.2, 0.25) is 5.91 Å². The quantitative estimate of drug-likeness (QED) is 0.901. The molecule has 2 rings (SSSR count). The average molecular weight is 294 g/mol. The molecular weight excluding hydrogens is 282 g/mol. The zero-order valence-corrected chi connectivity index (χ0v) is 10.8. The van der Waals surface area contributed by atoms with E-state index in [0.717, 1.165) is 23.1 Å². The molecule has 1 saturated heterocycles. The highest BCUT2D eigenvalue weighted by atomic mass is 79.9. The number of hydrogen-bond donors (Lipinski definition) is 1. The number of anilines is 1. The molecule has 4 nitrogen and oxygen atoms in total. The van der Waals surface area contributed by atoms with Crippen molar-refractivity contribution in [3.8, 4) is 6.07 Å². The highest BCUT2D eigenvalue weighted by Gasteiger charge is 2.27. The van der Waals surface area contributed by atoms with Crippen molar-refractivity contribution < 1.29 is 4.79 Å². The molecule has 1 aliphatic rings. The molecule has 1 aromatic rings. The van der Waals surface area contributed by atoms with Crippen LogP contribution in [-0.2, 0) is 4.79 Å². The molecule has 0 bridgehead atoms. The normalized spacial score (nSPS) is 19.1. The summed E-state index contributed by atoms with van der Waals surface area (Å²) in [4.78, 5) is 13.2. The molecule has 0 aliphatic carbocycles. The number of nitrogens with zero attached hydrogens (tertiary/aromatic N) is 2. The Morgan fingerprint density at radius 2 is 2.35 bits per heavy atom. The molecule has 1 amide bonds. The van der Waals surface area contributed by atoms with Crippen LogP contribution in [0.1, 0.15) is 12.0 Å². The van der Waals surface area contributed by atoms with Crippen molar-refractivity contribution in [2.24, 2.45) is 11.7 Å². The molecule has 88 valence electrons. The lowest BCUT2D eigenvalue weighted by Gasteiger charge is -2.19. The summed E-state index contributed by atoms with van der Waals surface area (Å²) >= 11 is 3.39. The molecule has 0 saturated carbocycles. The number of nitrogens with two attached hydrogens (primary N) is 1. The molecule has 0 aromatic heterocycles. The Labute approximate surface area is 108 Å². The average Bonchev–Trinajstić information content (AvgIpc) is 2.78. The van der Waals surface area contributed by atoms with E-state index in [1.807, 2.05) is 17.0 Å². The zero-order chi connectivity index (χ0) is 12.4. The van der Waals surface area contributed by atoms with E-state index in [2.05, 4.69) is 22.0 Å². The Kier molecular flexibility index (Phi) is 3.34. The lowest BCUT2D eigenvalue weighted by atomic mass is 10.1. The maximum Gasteiger partial charge on any atom is 0.222 e. The number of primary amides is 1. The van der Waals surface area contributed by atoms with Crippen LogP contribution in [-0.4, -0.2) is 19.0 Å². The minimum absolute atomic E-state index is 0.111. The Balaban J connectivity index is 2.27. The summed E-state index contributed by atoms with van der Waals surface area (Å²) in [6.07, 6.45) is 0.757. The molecular formula is C12H12BrN3O. The lowest BCUT2D eigenvalue weighted by molar-refractivity contribution is -0.121. The number of nitriles is 1. The molecule has 5 heteroatoms. The third kappa shape index (κ3) is 2.42. The van der Waals surface area contributed by atoms with Gasteiger partial charge in [-0.05, 0) is 24.6 Å². The Morgan fingerprint density at radius 3 is 2.94 bits per heavy atom. The van der Waals surface area contributed by atoms with Gasteiger partial charge < -0.3 is 10.6 Å². The van der Waals surface area contributed by atoms with Crippen LogP contribution >= 0.6 is 15.9 Å². The third-order valence-corrected chi connectivity index (χ3v) is 3.50. The van der Waals surface area contributed by atoms with Gasteiger partial charge in [-0.1, -0.05) is 15.9 Å². The van der Waals surface area contributed by atoms with Crippen LogP contribution in [0, 0.1) is 17.2 Å². The molecule has 1 aliphatic heterocycles. The SMILES string of the molecule is N#Cc1ccc(Br)cc1N1CCC(C(N)=O)C1. The van der Waals surface area contributed by atoms with Crippen LogP contribution in [0.2, 0.25) is 0 Å². The number of carbonyl (C=O) groups excluding carboxylic acids is 1. The number of carbonyl (C=O) groups is 1. The summed E-state index contributed by atoms with van der Waals surface area (Å²) < 4.78 is 0.925. The predicted octanol–water partition coefficient (Wildman–Crippen LogP) is 1.63. The van der Waals surface area contributed by atoms with E-state index in [9.17, 15) is 4.79 Å². The number of halogens is 1. The van der Waals surface area contributed by atoms with E-state index in [0.29, 0.717) is 12.1 Å². The van der Waals surface area contributed by atoms with Crippen LogP contribution in [0.3, 0.4) is 0 Å². The van der Waals surface area contributed by atoms with Gasteiger partial charge in [0.15, 0.2) is 0 Å². The summed E-state index contributed by atoms with van der Waals surface area (Å²) in [5.74, 6) is -0.374. The number of benzene rings is 1. The van der Waals surface area contributed by atoms with Gasteiger partial charge in [0.25, 0.3) is 0 Å². The van der Waals surface area contributed by atoms with Gasteiger partial charge in [0.05, 0.1) is 17.2 Å². The highest BCUT2D eigenvalue weighted by molar-refractivity contribution is 9.10. The topological polar surface area (TPSA) is 70.1 Å². The summed E-state index contributed by atoms with van der Waals surface area (Å²) in [5, 5.41) is 9.06. The van der Waals surface area contributed by atoms with Crippen molar-refractivity contribution in [2.75, 3.05) is 18.0 Å². The highest BCUT2D eigenvalue weighted by Crippen LogP contribution is 2.29. The summed E-state index contributed by atoms with van der Waals surface area (Å²) in [6.45, 7) is 1.36. The zero-order valence-electron chi connectivity index (χ0n) is 9.19. The molecule has 1 unspecified atom stereocenters. The van der Waals surface area contributed by atoms with E-state index in [1.54, 1.807) is 6.07 Å². The molecule has 0 radical (unpaired) electrons. The van der Waals surface area contributed by atoms with Crippen LogP contribution in [0.5, 0.6) is 0 Å². The van der Waals surface area contributed by atoms with E-state index in [-0.39, 0.29) is 11.8 Å². The van der Waals surface area contributed by atoms with Gasteiger partial charge in [-0.2, -0.15) is 5.26 Å². The number of rotatable bonds is 2. The van der Waals surface area contributed by atoms with E-state index < -0.39 is 0 Å². The first kappa shape index (κ1) is 11.9. The Hall–Kier alpha value is -1.54. The van der Waals surface area contributed by atoms with Crippen molar-refractivity contribution in [2.45, 2.75) is 6.42 Å². The first-order valence-electron chi connectivity index (χ1n) is 5.35. The largest absolute Gasteiger partial charge is 0.370 e. The fourth-order valence-electron chi connectivity index (χ4n) is 2.07. The van der Waals surface area contributed by atoms with Crippen LogP contribution in [0.15, 0.2) is 22.7 Å². The lowest BCUT2D eigenvalue weighted by Crippen LogP contribution is -2.27. The van der Waals surface area contributed by atoms with Gasteiger partial charge >= 0.3 is 0 Å². The second-order valence-electron chi connectivity index (χ2n) is 4.11. The first-order valence-corrected chi connectivity index (χ1v) is 6.15. The maximum absolute atomic E-state index is 11.1. The summed E-state index contributed by atoms with van der Waals surface area (Å²) in [5.41, 5.74) is 6.79. The fraction of sp³-hybridized carbons (Fsp3) is 0.333. The van der Waals surface area contributed by atoms with Gasteiger partial charge in [-0.15, -0.1) is 0 Å². The van der Waals surface area contributed by atoms with E-state index >= 15 is 0 Å². The van der Waals surface area contributed by atoms with Crippen LogP contribution in [0.25, 0.3) is 0 Å². The van der Waals surface area contributed by atoms with Gasteiger partial charge in [0, 0.05) is 17.6 Å². The van der Waals surface area contributed by atoms with Gasteiger partial charge in [-0.3, -0.25) is 4.79 Å². The van der Waals surface area contributed by atoms with Gasteiger partial charge in [-0.25, -0.2) is 0 Å². The van der Waals surface area contributed by atoms with Crippen LogP contribution < -0.4 is 10.6 Å². The Bertz CT molecular complexity index is 495. The first-order chi connectivity index (χ1) is 8.11. The maximum atomic E-state index is 11.1. The molecule has 1 fully saturated rings. The van der Waals surface area contributed by atoms with E-state index in [4.69, 9.17) is 11.0 Å². The van der Waals surface area contributed by atoms with Gasteiger partial charge in [0.1, 0.15) is 6.07 Å². The summed E-state index contributed by atoms with van der Waals surface area (Å²) in [7, 11) is 0. The molecule has 1 aromatic carbocycles. The van der Waals surface area contributed by atoms with Crippen molar-refractivity contribution >= 4 is 27.5 Å². The minimum atomic E-state index is -0.263. The fourth-order valence-corrected chi connectivity index (χ4v) is 2.42. The van der Waals surface area contributed by atoms with E-state index in [1.165, 1.54) is 0 Å². The second kappa shape index (κ2) is 4.76. The molecule has 2 N–H and O–H groups in total. The second-order valence-corrected chi connectivity index (χ2v) is 5.02. The third-order valence-electron chi connectivity index (χ3n) is 3.01. The molecule has 1 heterocycles. The molecule has 0 spiro atoms. The number of hydrogen-bond acceptors (Lipinski definition) is 3. The minimum Gasteiger partial charge on any atom is -0.370 e. The predicted molar refractivity (Wildman–Crippen MR) is 68.4 cm³/mol. The van der Waals surface area contributed by atoms with Crippen molar-refractivity contribution in [3.63, 3.8) is 0 Å². The van der Waals surface area contributed by atoms with Crippen molar-refractivity contribution in [1.82, 2.24) is 0 Å². The van der Waals surface area contributed by atoms with Crippen LogP contribution in [0.4, 0.5) is 5.69 Å².